The van der Waals surface area contributed by atoms with Gasteiger partial charge in [0.15, 0.2) is 5.78 Å². The molecular formula is C18H12Cl2O. The maximum Gasteiger partial charge on any atom is 0.195 e. The number of ketones is 1. The lowest BCUT2D eigenvalue weighted by molar-refractivity contribution is 0.104. The quantitative estimate of drug-likeness (QED) is 0.556. The van der Waals surface area contributed by atoms with Gasteiger partial charge in [0, 0.05) is 16.1 Å². The van der Waals surface area contributed by atoms with Crippen LogP contribution in [0.25, 0.3) is 10.8 Å². The van der Waals surface area contributed by atoms with Crippen LogP contribution in [0, 0.1) is 6.92 Å². The van der Waals surface area contributed by atoms with Crippen LogP contribution in [0.5, 0.6) is 0 Å². The fourth-order valence-corrected chi connectivity index (χ4v) is 2.96. The van der Waals surface area contributed by atoms with Crippen molar-refractivity contribution in [1.82, 2.24) is 0 Å². The first-order chi connectivity index (χ1) is 10.1. The Morgan fingerprint density at radius 2 is 1.52 bits per heavy atom. The average Bonchev–Trinajstić information content (AvgIpc) is 2.47. The lowest BCUT2D eigenvalue weighted by Gasteiger charge is -2.09. The van der Waals surface area contributed by atoms with E-state index in [2.05, 4.69) is 0 Å². The number of carbonyl (C=O) groups excluding carboxylic acids is 1. The monoisotopic (exact) mass is 314 g/mol. The first-order valence-corrected chi connectivity index (χ1v) is 7.31. The van der Waals surface area contributed by atoms with Gasteiger partial charge < -0.3 is 0 Å². The Morgan fingerprint density at radius 1 is 0.857 bits per heavy atom. The van der Waals surface area contributed by atoms with Gasteiger partial charge in [-0.2, -0.15) is 0 Å². The van der Waals surface area contributed by atoms with E-state index in [9.17, 15) is 4.79 Å². The third-order valence-electron chi connectivity index (χ3n) is 3.56. The van der Waals surface area contributed by atoms with Crippen molar-refractivity contribution in [3.63, 3.8) is 0 Å². The van der Waals surface area contributed by atoms with E-state index in [1.165, 1.54) is 0 Å². The number of halogens is 2. The summed E-state index contributed by atoms with van der Waals surface area (Å²) in [4.78, 5) is 12.8. The number of hydrogen-bond acceptors (Lipinski definition) is 1. The van der Waals surface area contributed by atoms with E-state index >= 15 is 0 Å². The van der Waals surface area contributed by atoms with E-state index in [1.54, 1.807) is 18.2 Å². The summed E-state index contributed by atoms with van der Waals surface area (Å²) < 4.78 is 0. The smallest absolute Gasteiger partial charge is 0.195 e. The molecule has 1 nitrogen and oxygen atoms in total. The molecule has 0 aromatic heterocycles. The molecule has 0 saturated heterocycles. The lowest BCUT2D eigenvalue weighted by Crippen LogP contribution is -2.03. The van der Waals surface area contributed by atoms with Gasteiger partial charge in [0.25, 0.3) is 0 Å². The van der Waals surface area contributed by atoms with Crippen LogP contribution in [0.3, 0.4) is 0 Å². The Morgan fingerprint density at radius 3 is 2.24 bits per heavy atom. The molecule has 3 heteroatoms. The van der Waals surface area contributed by atoms with E-state index in [-0.39, 0.29) is 5.78 Å². The van der Waals surface area contributed by atoms with Gasteiger partial charge in [0.2, 0.25) is 0 Å². The minimum atomic E-state index is -0.0899. The van der Waals surface area contributed by atoms with Crippen molar-refractivity contribution in [2.45, 2.75) is 6.92 Å². The third kappa shape index (κ3) is 2.55. The molecule has 0 aliphatic rings. The minimum absolute atomic E-state index is 0.0899. The molecule has 0 aliphatic carbocycles. The molecule has 21 heavy (non-hydrogen) atoms. The maximum absolute atomic E-state index is 12.8. The SMILES string of the molecule is Cc1ccc(C(=O)c2ccc(Cl)cc2Cl)c2ccccc12. The normalized spacial score (nSPS) is 10.8. The molecular weight excluding hydrogens is 303 g/mol. The van der Waals surface area contributed by atoms with Crippen molar-refractivity contribution in [2.24, 2.45) is 0 Å². The van der Waals surface area contributed by atoms with Gasteiger partial charge in [0.05, 0.1) is 5.02 Å². The number of carbonyl (C=O) groups is 1. The topological polar surface area (TPSA) is 17.1 Å². The summed E-state index contributed by atoms with van der Waals surface area (Å²) in [6.07, 6.45) is 0. The number of fused-ring (bicyclic) bond motifs is 1. The average molecular weight is 315 g/mol. The molecule has 0 amide bonds. The largest absolute Gasteiger partial charge is 0.289 e. The van der Waals surface area contributed by atoms with Crippen LogP contribution in [-0.4, -0.2) is 5.78 Å². The molecule has 0 saturated carbocycles. The zero-order valence-corrected chi connectivity index (χ0v) is 12.9. The molecule has 0 spiro atoms. The Kier molecular flexibility index (Phi) is 3.71. The molecule has 0 atom stereocenters. The Balaban J connectivity index is 2.21. The second kappa shape index (κ2) is 5.51. The molecule has 0 N–H and O–H groups in total. The van der Waals surface area contributed by atoms with Crippen molar-refractivity contribution in [1.29, 1.82) is 0 Å². The zero-order valence-electron chi connectivity index (χ0n) is 11.4. The van der Waals surface area contributed by atoms with Crippen molar-refractivity contribution >= 4 is 39.8 Å². The van der Waals surface area contributed by atoms with Gasteiger partial charge in [-0.25, -0.2) is 0 Å². The van der Waals surface area contributed by atoms with E-state index in [4.69, 9.17) is 23.2 Å². The van der Waals surface area contributed by atoms with Crippen LogP contribution in [0.4, 0.5) is 0 Å². The van der Waals surface area contributed by atoms with Crippen LogP contribution >= 0.6 is 23.2 Å². The molecule has 0 bridgehead atoms. The van der Waals surface area contributed by atoms with Gasteiger partial charge in [-0.15, -0.1) is 0 Å². The fourth-order valence-electron chi connectivity index (χ4n) is 2.47. The second-order valence-electron chi connectivity index (χ2n) is 4.93. The van der Waals surface area contributed by atoms with Crippen molar-refractivity contribution in [3.05, 3.63) is 81.3 Å². The van der Waals surface area contributed by atoms with E-state index in [1.807, 2.05) is 43.3 Å². The summed E-state index contributed by atoms with van der Waals surface area (Å²) in [6, 6.07) is 16.6. The summed E-state index contributed by atoms with van der Waals surface area (Å²) in [7, 11) is 0. The summed E-state index contributed by atoms with van der Waals surface area (Å²) in [6.45, 7) is 2.03. The number of aryl methyl sites for hydroxylation is 1. The highest BCUT2D eigenvalue weighted by molar-refractivity contribution is 6.38. The summed E-state index contributed by atoms with van der Waals surface area (Å²) >= 11 is 12.0. The maximum atomic E-state index is 12.8. The number of rotatable bonds is 2. The molecule has 3 rings (SSSR count). The number of hydrogen-bond donors (Lipinski definition) is 0. The van der Waals surface area contributed by atoms with Gasteiger partial charge >= 0.3 is 0 Å². The van der Waals surface area contributed by atoms with E-state index in [0.717, 1.165) is 16.3 Å². The highest BCUT2D eigenvalue weighted by Gasteiger charge is 2.16. The van der Waals surface area contributed by atoms with Crippen LogP contribution < -0.4 is 0 Å². The van der Waals surface area contributed by atoms with Crippen molar-refractivity contribution < 1.29 is 4.79 Å². The van der Waals surface area contributed by atoms with Crippen molar-refractivity contribution in [2.75, 3.05) is 0 Å². The Labute approximate surface area is 133 Å². The molecule has 0 aliphatic heterocycles. The highest BCUT2D eigenvalue weighted by Crippen LogP contribution is 2.28. The van der Waals surface area contributed by atoms with Gasteiger partial charge in [-0.3, -0.25) is 4.79 Å². The molecule has 0 fully saturated rings. The second-order valence-corrected chi connectivity index (χ2v) is 5.77. The van der Waals surface area contributed by atoms with Crippen LogP contribution in [0.1, 0.15) is 21.5 Å². The Hall–Kier alpha value is -1.83. The molecule has 0 radical (unpaired) electrons. The molecule has 3 aromatic carbocycles. The predicted octanol–water partition coefficient (Wildman–Crippen LogP) is 5.69. The van der Waals surface area contributed by atoms with E-state index < -0.39 is 0 Å². The first kappa shape index (κ1) is 14.1. The van der Waals surface area contributed by atoms with Gasteiger partial charge in [0.1, 0.15) is 0 Å². The summed E-state index contributed by atoms with van der Waals surface area (Å²) in [5, 5.41) is 2.91. The van der Waals surface area contributed by atoms with Crippen LogP contribution in [-0.2, 0) is 0 Å². The fraction of sp³-hybridized carbons (Fsp3) is 0.0556. The van der Waals surface area contributed by atoms with Crippen LogP contribution in [0.2, 0.25) is 10.0 Å². The van der Waals surface area contributed by atoms with Crippen LogP contribution in [0.15, 0.2) is 54.6 Å². The first-order valence-electron chi connectivity index (χ1n) is 6.56. The summed E-state index contributed by atoms with van der Waals surface area (Å²) in [5.41, 5.74) is 2.26. The molecule has 0 heterocycles. The molecule has 3 aromatic rings. The standard InChI is InChI=1S/C18H12Cl2O/c1-11-6-8-15(14-5-3-2-4-13(11)14)18(21)16-9-7-12(19)10-17(16)20/h2-10H,1H3. The molecule has 0 unspecified atom stereocenters. The molecule has 104 valence electrons. The minimum Gasteiger partial charge on any atom is -0.289 e. The van der Waals surface area contributed by atoms with E-state index in [0.29, 0.717) is 21.2 Å². The zero-order chi connectivity index (χ0) is 15.0. The number of benzene rings is 3. The predicted molar refractivity (Wildman–Crippen MR) is 88.6 cm³/mol. The highest BCUT2D eigenvalue weighted by atomic mass is 35.5. The van der Waals surface area contributed by atoms with Gasteiger partial charge in [-0.1, -0.05) is 59.6 Å². The summed E-state index contributed by atoms with van der Waals surface area (Å²) in [5.74, 6) is -0.0899. The lowest BCUT2D eigenvalue weighted by atomic mass is 9.95. The van der Waals surface area contributed by atoms with Crippen molar-refractivity contribution in [3.8, 4) is 0 Å². The Bertz CT molecular complexity index is 853. The third-order valence-corrected chi connectivity index (χ3v) is 4.11. The van der Waals surface area contributed by atoms with Gasteiger partial charge in [-0.05, 0) is 41.5 Å².